The van der Waals surface area contributed by atoms with Crippen LogP contribution in [0.5, 0.6) is 0 Å². The highest BCUT2D eigenvalue weighted by atomic mass is 32.1. The molecule has 1 aliphatic rings. The normalized spacial score (nSPS) is 14.4. The van der Waals surface area contributed by atoms with Gasteiger partial charge in [-0.05, 0) is 30.3 Å². The third kappa shape index (κ3) is 4.82. The first kappa shape index (κ1) is 22.2. The highest BCUT2D eigenvalue weighted by Gasteiger charge is 2.24. The molecule has 8 nitrogen and oxygen atoms in total. The van der Waals surface area contributed by atoms with E-state index >= 15 is 0 Å². The van der Waals surface area contributed by atoms with Crippen molar-refractivity contribution in [2.75, 3.05) is 38.0 Å². The predicted molar refractivity (Wildman–Crippen MR) is 129 cm³/mol. The molecule has 2 amide bonds. The minimum atomic E-state index is -0.395. The Bertz CT molecular complexity index is 1310. The van der Waals surface area contributed by atoms with E-state index < -0.39 is 5.82 Å². The second kappa shape index (κ2) is 9.70. The molecule has 2 aromatic heterocycles. The molecule has 0 unspecified atom stereocenters. The summed E-state index contributed by atoms with van der Waals surface area (Å²) in [5, 5.41) is 4.64. The van der Waals surface area contributed by atoms with Crippen molar-refractivity contribution in [3.63, 3.8) is 0 Å². The smallest absolute Gasteiger partial charge is 0.242 e. The fourth-order valence-corrected chi connectivity index (χ4v) is 4.64. The van der Waals surface area contributed by atoms with Gasteiger partial charge in [0.25, 0.3) is 0 Å². The maximum absolute atomic E-state index is 13.3. The number of para-hydroxylation sites is 2. The molecule has 0 radical (unpaired) electrons. The molecule has 0 bridgehead atoms. The van der Waals surface area contributed by atoms with Gasteiger partial charge in [-0.25, -0.2) is 14.4 Å². The quantitative estimate of drug-likeness (QED) is 0.461. The van der Waals surface area contributed by atoms with Gasteiger partial charge in [0.05, 0.1) is 23.1 Å². The van der Waals surface area contributed by atoms with Crippen LogP contribution in [-0.2, 0) is 16.1 Å². The Hall–Kier alpha value is -3.63. The monoisotopic (exact) mass is 478 g/mol. The SMILES string of the molecule is O=C(CN1CCN(C(=O)Cn2c(-c3cscn3)nc3ccccc32)CC1)Nc1cccc(F)c1. The number of rotatable bonds is 6. The van der Waals surface area contributed by atoms with Crippen molar-refractivity contribution in [2.45, 2.75) is 6.54 Å². The minimum Gasteiger partial charge on any atom is -0.339 e. The summed E-state index contributed by atoms with van der Waals surface area (Å²) < 4.78 is 15.2. The Morgan fingerprint density at radius 3 is 2.62 bits per heavy atom. The lowest BCUT2D eigenvalue weighted by atomic mass is 10.2. The van der Waals surface area contributed by atoms with Gasteiger partial charge in [0.15, 0.2) is 5.82 Å². The van der Waals surface area contributed by atoms with E-state index in [2.05, 4.69) is 10.3 Å². The number of piperazine rings is 1. The summed E-state index contributed by atoms with van der Waals surface area (Å²) in [5.74, 6) is 0.0867. The Balaban J connectivity index is 1.20. The van der Waals surface area contributed by atoms with Gasteiger partial charge in [-0.1, -0.05) is 18.2 Å². The third-order valence-electron chi connectivity index (χ3n) is 5.81. The molecule has 0 spiro atoms. The van der Waals surface area contributed by atoms with E-state index in [4.69, 9.17) is 4.98 Å². The van der Waals surface area contributed by atoms with E-state index in [1.165, 1.54) is 23.5 Å². The van der Waals surface area contributed by atoms with Crippen molar-refractivity contribution >= 4 is 39.9 Å². The molecule has 1 N–H and O–H groups in total. The molecule has 10 heteroatoms. The Morgan fingerprint density at radius 2 is 1.85 bits per heavy atom. The lowest BCUT2D eigenvalue weighted by Crippen LogP contribution is -2.51. The van der Waals surface area contributed by atoms with Crippen LogP contribution in [0.15, 0.2) is 59.4 Å². The van der Waals surface area contributed by atoms with Gasteiger partial charge < -0.3 is 14.8 Å². The Labute approximate surface area is 199 Å². The second-order valence-electron chi connectivity index (χ2n) is 8.10. The summed E-state index contributed by atoms with van der Waals surface area (Å²) in [6.07, 6.45) is 0. The molecule has 0 aliphatic carbocycles. The molecule has 1 fully saturated rings. The van der Waals surface area contributed by atoms with E-state index in [1.807, 2.05) is 44.0 Å². The molecule has 34 heavy (non-hydrogen) atoms. The Morgan fingerprint density at radius 1 is 1.03 bits per heavy atom. The first-order chi connectivity index (χ1) is 16.6. The lowest BCUT2D eigenvalue weighted by Gasteiger charge is -2.34. The van der Waals surface area contributed by atoms with Crippen molar-refractivity contribution in [3.8, 4) is 11.5 Å². The van der Waals surface area contributed by atoms with Crippen LogP contribution in [-0.4, -0.2) is 68.9 Å². The number of fused-ring (bicyclic) bond motifs is 1. The molecule has 174 valence electrons. The summed E-state index contributed by atoms with van der Waals surface area (Å²) in [4.78, 5) is 38.4. The molecular weight excluding hydrogens is 455 g/mol. The first-order valence-corrected chi connectivity index (χ1v) is 11.9. The summed E-state index contributed by atoms with van der Waals surface area (Å²) in [6, 6.07) is 13.6. The molecular formula is C24H23FN6O2S. The van der Waals surface area contributed by atoms with E-state index in [1.54, 1.807) is 17.6 Å². The zero-order valence-electron chi connectivity index (χ0n) is 18.4. The van der Waals surface area contributed by atoms with Crippen LogP contribution in [0.3, 0.4) is 0 Å². The average Bonchev–Trinajstić information content (AvgIpc) is 3.48. The molecule has 3 heterocycles. The number of carbonyl (C=O) groups is 2. The number of benzene rings is 2. The average molecular weight is 479 g/mol. The number of nitrogens with zero attached hydrogens (tertiary/aromatic N) is 5. The number of amides is 2. The first-order valence-electron chi connectivity index (χ1n) is 11.0. The largest absolute Gasteiger partial charge is 0.339 e. The molecule has 5 rings (SSSR count). The lowest BCUT2D eigenvalue weighted by molar-refractivity contribution is -0.133. The number of anilines is 1. The highest BCUT2D eigenvalue weighted by molar-refractivity contribution is 7.07. The van der Waals surface area contributed by atoms with Gasteiger partial charge in [0, 0.05) is 37.2 Å². The fraction of sp³-hybridized carbons (Fsp3) is 0.250. The number of thiazole rings is 1. The highest BCUT2D eigenvalue weighted by Crippen LogP contribution is 2.25. The number of nitrogens with one attached hydrogen (secondary N) is 1. The van der Waals surface area contributed by atoms with Gasteiger partial charge in [-0.2, -0.15) is 0 Å². The minimum absolute atomic E-state index is 0.00324. The number of halogens is 1. The summed E-state index contributed by atoms with van der Waals surface area (Å²) >= 11 is 1.49. The number of hydrogen-bond donors (Lipinski definition) is 1. The maximum atomic E-state index is 13.3. The zero-order chi connectivity index (χ0) is 23.5. The van der Waals surface area contributed by atoms with Crippen LogP contribution in [0, 0.1) is 5.82 Å². The summed E-state index contributed by atoms with van der Waals surface area (Å²) in [7, 11) is 0. The van der Waals surface area contributed by atoms with Crippen LogP contribution in [0.25, 0.3) is 22.6 Å². The van der Waals surface area contributed by atoms with E-state index in [0.717, 1.165) is 16.7 Å². The van der Waals surface area contributed by atoms with Crippen LogP contribution in [0.4, 0.5) is 10.1 Å². The zero-order valence-corrected chi connectivity index (χ0v) is 19.2. The molecule has 2 aromatic carbocycles. The van der Waals surface area contributed by atoms with Gasteiger partial charge >= 0.3 is 0 Å². The van der Waals surface area contributed by atoms with Gasteiger partial charge in [0.1, 0.15) is 18.1 Å². The van der Waals surface area contributed by atoms with Crippen LogP contribution >= 0.6 is 11.3 Å². The van der Waals surface area contributed by atoms with Crippen LogP contribution in [0.2, 0.25) is 0 Å². The molecule has 0 atom stereocenters. The van der Waals surface area contributed by atoms with Crippen molar-refractivity contribution in [3.05, 3.63) is 65.2 Å². The Kier molecular flexibility index (Phi) is 6.33. The summed E-state index contributed by atoms with van der Waals surface area (Å²) in [6.45, 7) is 2.61. The van der Waals surface area contributed by atoms with E-state index in [0.29, 0.717) is 37.7 Å². The van der Waals surface area contributed by atoms with Crippen molar-refractivity contribution in [2.24, 2.45) is 0 Å². The summed E-state index contributed by atoms with van der Waals surface area (Å²) in [5.41, 5.74) is 4.66. The van der Waals surface area contributed by atoms with Gasteiger partial charge in [0.2, 0.25) is 11.8 Å². The number of hydrogen-bond acceptors (Lipinski definition) is 6. The van der Waals surface area contributed by atoms with Crippen LogP contribution in [0.1, 0.15) is 0 Å². The van der Waals surface area contributed by atoms with Crippen LogP contribution < -0.4 is 5.32 Å². The number of carbonyl (C=O) groups excluding carboxylic acids is 2. The van der Waals surface area contributed by atoms with Crippen molar-refractivity contribution < 1.29 is 14.0 Å². The second-order valence-corrected chi connectivity index (χ2v) is 8.82. The molecule has 4 aromatic rings. The predicted octanol–water partition coefficient (Wildman–Crippen LogP) is 3.08. The van der Waals surface area contributed by atoms with Crippen molar-refractivity contribution in [1.82, 2.24) is 24.3 Å². The van der Waals surface area contributed by atoms with E-state index in [-0.39, 0.29) is 24.9 Å². The number of aromatic nitrogens is 3. The molecule has 1 saturated heterocycles. The molecule has 1 aliphatic heterocycles. The number of imidazole rings is 1. The maximum Gasteiger partial charge on any atom is 0.242 e. The third-order valence-corrected chi connectivity index (χ3v) is 6.40. The standard InChI is InChI=1S/C24H23FN6O2S/c25-17-4-3-5-18(12-17)27-22(32)13-29-8-10-30(11-9-29)23(33)14-31-21-7-2-1-6-19(21)28-24(31)20-15-34-16-26-20/h1-7,12,15-16H,8-11,13-14H2,(H,27,32). The molecule has 0 saturated carbocycles. The topological polar surface area (TPSA) is 83.4 Å². The van der Waals surface area contributed by atoms with Gasteiger partial charge in [-0.3, -0.25) is 14.5 Å². The van der Waals surface area contributed by atoms with Crippen molar-refractivity contribution in [1.29, 1.82) is 0 Å². The van der Waals surface area contributed by atoms with Gasteiger partial charge in [-0.15, -0.1) is 11.3 Å². The van der Waals surface area contributed by atoms with E-state index in [9.17, 15) is 14.0 Å². The fourth-order valence-electron chi connectivity index (χ4n) is 4.11.